The quantitative estimate of drug-likeness (QED) is 0.768. The number of furan rings is 1. The van der Waals surface area contributed by atoms with E-state index in [0.29, 0.717) is 11.5 Å². The lowest BCUT2D eigenvalue weighted by Crippen LogP contribution is -2.05. The molecule has 0 fully saturated rings. The standard InChI is InChI=1S/C15H16O3/c1-10(2)15(16)14-8-7-13(18-14)11-5-4-6-12(9-11)17-3/h4-10H,1-3H3. The smallest absolute Gasteiger partial charge is 0.200 e. The average Bonchev–Trinajstić information content (AvgIpc) is 2.87. The number of ether oxygens (including phenoxy) is 1. The largest absolute Gasteiger partial charge is 0.497 e. The average molecular weight is 244 g/mol. The van der Waals surface area contributed by atoms with Crippen LogP contribution in [-0.4, -0.2) is 12.9 Å². The summed E-state index contributed by atoms with van der Waals surface area (Å²) in [4.78, 5) is 11.8. The summed E-state index contributed by atoms with van der Waals surface area (Å²) < 4.78 is 10.7. The molecule has 0 N–H and O–H groups in total. The first-order valence-electron chi connectivity index (χ1n) is 5.90. The summed E-state index contributed by atoms with van der Waals surface area (Å²) in [5.74, 6) is 1.81. The van der Waals surface area contributed by atoms with E-state index in [4.69, 9.17) is 9.15 Å². The molecule has 2 rings (SSSR count). The molecule has 1 aromatic carbocycles. The van der Waals surface area contributed by atoms with Gasteiger partial charge in [0.2, 0.25) is 5.78 Å². The second kappa shape index (κ2) is 5.08. The second-order valence-electron chi connectivity index (χ2n) is 4.41. The van der Waals surface area contributed by atoms with Crippen LogP contribution in [0.4, 0.5) is 0 Å². The van der Waals surface area contributed by atoms with Crippen LogP contribution >= 0.6 is 0 Å². The van der Waals surface area contributed by atoms with E-state index in [2.05, 4.69) is 0 Å². The first-order chi connectivity index (χ1) is 8.61. The molecule has 0 unspecified atom stereocenters. The maximum absolute atomic E-state index is 11.8. The van der Waals surface area contributed by atoms with E-state index in [9.17, 15) is 4.79 Å². The van der Waals surface area contributed by atoms with Gasteiger partial charge in [-0.15, -0.1) is 0 Å². The maximum Gasteiger partial charge on any atom is 0.200 e. The summed E-state index contributed by atoms with van der Waals surface area (Å²) in [7, 11) is 1.62. The molecule has 0 saturated carbocycles. The molecule has 0 atom stereocenters. The van der Waals surface area contributed by atoms with Crippen molar-refractivity contribution in [1.82, 2.24) is 0 Å². The van der Waals surface area contributed by atoms with Crippen LogP contribution in [0.3, 0.4) is 0 Å². The molecule has 0 aliphatic heterocycles. The SMILES string of the molecule is COc1cccc(-c2ccc(C(=O)C(C)C)o2)c1. The Bertz CT molecular complexity index is 552. The van der Waals surface area contributed by atoms with E-state index in [0.717, 1.165) is 11.3 Å². The lowest BCUT2D eigenvalue weighted by Gasteiger charge is -2.02. The predicted molar refractivity (Wildman–Crippen MR) is 69.9 cm³/mol. The van der Waals surface area contributed by atoms with Gasteiger partial charge in [-0.2, -0.15) is 0 Å². The Morgan fingerprint density at radius 2 is 2.00 bits per heavy atom. The Morgan fingerprint density at radius 1 is 1.22 bits per heavy atom. The minimum atomic E-state index is -0.0608. The van der Waals surface area contributed by atoms with Gasteiger partial charge in [-0.05, 0) is 24.3 Å². The van der Waals surface area contributed by atoms with E-state index in [-0.39, 0.29) is 11.7 Å². The van der Waals surface area contributed by atoms with Crippen molar-refractivity contribution in [2.75, 3.05) is 7.11 Å². The van der Waals surface area contributed by atoms with E-state index in [1.165, 1.54) is 0 Å². The fraction of sp³-hybridized carbons (Fsp3) is 0.267. The molecule has 94 valence electrons. The summed E-state index contributed by atoms with van der Waals surface area (Å²) in [5, 5.41) is 0. The lowest BCUT2D eigenvalue weighted by atomic mass is 10.1. The van der Waals surface area contributed by atoms with Gasteiger partial charge in [0, 0.05) is 11.5 Å². The molecule has 0 bridgehead atoms. The zero-order chi connectivity index (χ0) is 13.1. The van der Waals surface area contributed by atoms with Gasteiger partial charge in [0.15, 0.2) is 5.76 Å². The highest BCUT2D eigenvalue weighted by molar-refractivity contribution is 5.95. The van der Waals surface area contributed by atoms with Crippen LogP contribution in [0.5, 0.6) is 5.75 Å². The van der Waals surface area contributed by atoms with Crippen molar-refractivity contribution in [2.45, 2.75) is 13.8 Å². The van der Waals surface area contributed by atoms with E-state index in [1.54, 1.807) is 13.2 Å². The maximum atomic E-state index is 11.8. The van der Waals surface area contributed by atoms with Crippen molar-refractivity contribution in [1.29, 1.82) is 0 Å². The van der Waals surface area contributed by atoms with Gasteiger partial charge in [-0.3, -0.25) is 4.79 Å². The van der Waals surface area contributed by atoms with Gasteiger partial charge in [-0.1, -0.05) is 26.0 Å². The summed E-state index contributed by atoms with van der Waals surface area (Å²) >= 11 is 0. The van der Waals surface area contributed by atoms with Crippen LogP contribution in [-0.2, 0) is 0 Å². The number of methoxy groups -OCH3 is 1. The van der Waals surface area contributed by atoms with E-state index >= 15 is 0 Å². The number of carbonyl (C=O) groups is 1. The minimum absolute atomic E-state index is 0.0177. The Morgan fingerprint density at radius 3 is 2.67 bits per heavy atom. The molecule has 0 amide bonds. The summed E-state index contributed by atoms with van der Waals surface area (Å²) in [6.07, 6.45) is 0. The Kier molecular flexibility index (Phi) is 3.51. The molecule has 3 nitrogen and oxygen atoms in total. The summed E-state index contributed by atoms with van der Waals surface area (Å²) in [5.41, 5.74) is 0.900. The Hall–Kier alpha value is -2.03. The molecule has 0 saturated heterocycles. The van der Waals surface area contributed by atoms with Crippen LogP contribution in [0, 0.1) is 5.92 Å². The Labute approximate surface area is 106 Å². The molecule has 18 heavy (non-hydrogen) atoms. The number of ketones is 1. The molecule has 0 radical (unpaired) electrons. The van der Waals surface area contributed by atoms with Gasteiger partial charge >= 0.3 is 0 Å². The van der Waals surface area contributed by atoms with Crippen LogP contribution in [0.1, 0.15) is 24.4 Å². The number of benzene rings is 1. The van der Waals surface area contributed by atoms with Crippen molar-refractivity contribution in [3.05, 3.63) is 42.2 Å². The zero-order valence-corrected chi connectivity index (χ0v) is 10.8. The molecular weight excluding hydrogens is 228 g/mol. The van der Waals surface area contributed by atoms with E-state index in [1.807, 2.05) is 44.2 Å². The normalized spacial score (nSPS) is 10.7. The fourth-order valence-corrected chi connectivity index (χ4v) is 1.69. The highest BCUT2D eigenvalue weighted by Crippen LogP contribution is 2.26. The van der Waals surface area contributed by atoms with Crippen molar-refractivity contribution in [3.63, 3.8) is 0 Å². The number of Topliss-reactive ketones (excluding diaryl/α,β-unsaturated/α-hetero) is 1. The monoisotopic (exact) mass is 244 g/mol. The number of hydrogen-bond donors (Lipinski definition) is 0. The molecule has 2 aromatic rings. The molecule has 1 aromatic heterocycles. The first-order valence-corrected chi connectivity index (χ1v) is 5.90. The molecule has 0 aliphatic rings. The van der Waals surface area contributed by atoms with Crippen molar-refractivity contribution in [3.8, 4) is 17.1 Å². The number of rotatable bonds is 4. The minimum Gasteiger partial charge on any atom is -0.497 e. The van der Waals surface area contributed by atoms with Crippen molar-refractivity contribution < 1.29 is 13.9 Å². The highest BCUT2D eigenvalue weighted by Gasteiger charge is 2.15. The second-order valence-corrected chi connectivity index (χ2v) is 4.41. The molecule has 0 aliphatic carbocycles. The number of carbonyl (C=O) groups excluding carboxylic acids is 1. The fourth-order valence-electron chi connectivity index (χ4n) is 1.69. The van der Waals surface area contributed by atoms with Crippen LogP contribution in [0.15, 0.2) is 40.8 Å². The van der Waals surface area contributed by atoms with Crippen molar-refractivity contribution in [2.24, 2.45) is 5.92 Å². The Balaban J connectivity index is 2.32. The van der Waals surface area contributed by atoms with Gasteiger partial charge in [0.05, 0.1) is 7.11 Å². The third kappa shape index (κ3) is 2.45. The predicted octanol–water partition coefficient (Wildman–Crippen LogP) is 3.79. The molecule has 1 heterocycles. The van der Waals surface area contributed by atoms with E-state index < -0.39 is 0 Å². The van der Waals surface area contributed by atoms with Gasteiger partial charge in [0.1, 0.15) is 11.5 Å². The van der Waals surface area contributed by atoms with Gasteiger partial charge in [-0.25, -0.2) is 0 Å². The molecular formula is C15H16O3. The highest BCUT2D eigenvalue weighted by atomic mass is 16.5. The third-order valence-electron chi connectivity index (χ3n) is 2.73. The third-order valence-corrected chi connectivity index (χ3v) is 2.73. The topological polar surface area (TPSA) is 39.4 Å². The van der Waals surface area contributed by atoms with Crippen molar-refractivity contribution >= 4 is 5.78 Å². The zero-order valence-electron chi connectivity index (χ0n) is 10.8. The van der Waals surface area contributed by atoms with Crippen LogP contribution < -0.4 is 4.74 Å². The van der Waals surface area contributed by atoms with Crippen LogP contribution in [0.25, 0.3) is 11.3 Å². The van der Waals surface area contributed by atoms with Crippen LogP contribution in [0.2, 0.25) is 0 Å². The number of hydrogen-bond acceptors (Lipinski definition) is 3. The van der Waals surface area contributed by atoms with Gasteiger partial charge in [0.25, 0.3) is 0 Å². The molecule has 0 spiro atoms. The summed E-state index contributed by atoms with van der Waals surface area (Å²) in [6.45, 7) is 3.71. The summed E-state index contributed by atoms with van der Waals surface area (Å²) in [6, 6.07) is 11.1. The lowest BCUT2D eigenvalue weighted by molar-refractivity contribution is 0.0912. The first kappa shape index (κ1) is 12.4. The van der Waals surface area contributed by atoms with Gasteiger partial charge < -0.3 is 9.15 Å². The molecule has 3 heteroatoms.